The van der Waals surface area contributed by atoms with Crippen LogP contribution < -0.4 is 5.32 Å². The normalized spacial score (nSPS) is 30.1. The molecule has 2 heterocycles. The zero-order valence-electron chi connectivity index (χ0n) is 23.1. The molecule has 0 unspecified atom stereocenters. The van der Waals surface area contributed by atoms with Crippen molar-refractivity contribution in [2.75, 3.05) is 0 Å². The monoisotopic (exact) mass is 527 g/mol. The van der Waals surface area contributed by atoms with Gasteiger partial charge in [0.05, 0.1) is 23.2 Å². The fraction of sp³-hybridized carbons (Fsp3) is 0.500. The summed E-state index contributed by atoms with van der Waals surface area (Å²) in [4.78, 5) is 29.8. The Kier molecular flexibility index (Phi) is 7.48. The number of nitrogens with zero attached hydrogens (tertiary/aromatic N) is 2. The number of aromatic nitrogens is 1. The number of allylic oxidation sites excluding steroid dienone is 1. The highest BCUT2D eigenvalue weighted by Gasteiger charge is 2.54. The van der Waals surface area contributed by atoms with Crippen molar-refractivity contribution in [2.24, 2.45) is 29.6 Å². The third-order valence-corrected chi connectivity index (χ3v) is 8.47. The highest BCUT2D eigenvalue weighted by molar-refractivity contribution is 5.76. The first-order valence-electron chi connectivity index (χ1n) is 14.0. The molecule has 1 aromatic heterocycles. The molecule has 1 N–H and O–H groups in total. The van der Waals surface area contributed by atoms with Gasteiger partial charge >= 0.3 is 12.1 Å². The number of fused-ring (bicyclic) bond motifs is 2. The number of benzene rings is 1. The van der Waals surface area contributed by atoms with E-state index in [0.29, 0.717) is 17.4 Å². The highest BCUT2D eigenvalue weighted by Crippen LogP contribution is 2.53. The number of nitriles is 1. The van der Waals surface area contributed by atoms with Crippen molar-refractivity contribution in [3.63, 3.8) is 0 Å². The minimum absolute atomic E-state index is 0.0471. The summed E-state index contributed by atoms with van der Waals surface area (Å²) < 4.78 is 11.2. The van der Waals surface area contributed by atoms with E-state index in [9.17, 15) is 14.9 Å². The van der Waals surface area contributed by atoms with E-state index in [0.717, 1.165) is 42.5 Å². The van der Waals surface area contributed by atoms with Crippen LogP contribution in [0.1, 0.15) is 64.6 Å². The molecule has 0 radical (unpaired) electrons. The summed E-state index contributed by atoms with van der Waals surface area (Å²) in [7, 11) is 0. The minimum atomic E-state index is -0.536. The van der Waals surface area contributed by atoms with Crippen LogP contribution in [0.2, 0.25) is 0 Å². The second-order valence-electron chi connectivity index (χ2n) is 12.2. The molecule has 7 nitrogen and oxygen atoms in total. The summed E-state index contributed by atoms with van der Waals surface area (Å²) in [5.74, 6) is 0.900. The van der Waals surface area contributed by atoms with Gasteiger partial charge in [-0.15, -0.1) is 0 Å². The van der Waals surface area contributed by atoms with Crippen molar-refractivity contribution in [2.45, 2.75) is 71.1 Å². The van der Waals surface area contributed by atoms with Gasteiger partial charge in [-0.2, -0.15) is 5.26 Å². The molecule has 39 heavy (non-hydrogen) atoms. The van der Waals surface area contributed by atoms with E-state index in [-0.39, 0.29) is 42.0 Å². The molecule has 204 valence electrons. The Bertz CT molecular complexity index is 1290. The Hall–Kier alpha value is -3.66. The first kappa shape index (κ1) is 26.9. The lowest BCUT2D eigenvalue weighted by Gasteiger charge is -2.47. The molecule has 2 aromatic rings. The predicted molar refractivity (Wildman–Crippen MR) is 148 cm³/mol. The molecular formula is C32H37N3O4. The maximum Gasteiger partial charge on any atom is 0.407 e. The molecule has 7 heteroatoms. The van der Waals surface area contributed by atoms with Gasteiger partial charge in [0, 0.05) is 23.7 Å². The van der Waals surface area contributed by atoms with E-state index >= 15 is 0 Å². The first-order chi connectivity index (χ1) is 18.6. The second kappa shape index (κ2) is 10.8. The van der Waals surface area contributed by atoms with E-state index in [2.05, 4.69) is 28.5 Å². The van der Waals surface area contributed by atoms with Crippen molar-refractivity contribution in [3.8, 4) is 17.2 Å². The van der Waals surface area contributed by atoms with E-state index in [1.165, 1.54) is 0 Å². The van der Waals surface area contributed by atoms with Crippen LogP contribution >= 0.6 is 0 Å². The number of cyclic esters (lactones) is 1. The largest absolute Gasteiger partial charge is 0.462 e. The van der Waals surface area contributed by atoms with Crippen LogP contribution in [-0.4, -0.2) is 34.8 Å². The number of ether oxygens (including phenoxy) is 2. The van der Waals surface area contributed by atoms with Crippen LogP contribution in [0.3, 0.4) is 0 Å². The molecule has 5 rings (SSSR count). The second-order valence-corrected chi connectivity index (χ2v) is 12.2. The summed E-state index contributed by atoms with van der Waals surface area (Å²) in [6, 6.07) is 13.7. The van der Waals surface area contributed by atoms with Crippen LogP contribution in [0.15, 0.2) is 48.7 Å². The first-order valence-corrected chi connectivity index (χ1v) is 14.0. The van der Waals surface area contributed by atoms with Crippen molar-refractivity contribution >= 4 is 18.1 Å². The summed E-state index contributed by atoms with van der Waals surface area (Å²) >= 11 is 0. The number of hydrogen-bond donors (Lipinski definition) is 1. The zero-order valence-corrected chi connectivity index (χ0v) is 23.1. The quantitative estimate of drug-likeness (QED) is 0.479. The van der Waals surface area contributed by atoms with Gasteiger partial charge in [0.2, 0.25) is 0 Å². The standard InChI is InChI=1S/C32H37N3O4/c1-19-29-27(13-10-24-9-8-22(18-34-24)21-7-5-6-20(14-21)17-33)26-12-11-25(35-31(37)39-32(2,3)4)15-23(26)16-28(29)30(36)38-19/h5-10,13-14,18-19,23,25-29H,11-12,15-16H2,1-4H3,(H,35,37)/b13-10+/t19-,23+,25-,26-,27+,28-,29+/m1/s1. The molecule has 1 saturated heterocycles. The molecule has 1 aliphatic heterocycles. The average Bonchev–Trinajstić information content (AvgIpc) is 3.18. The molecule has 3 aliphatic rings. The Morgan fingerprint density at radius 2 is 2.00 bits per heavy atom. The van der Waals surface area contributed by atoms with Crippen LogP contribution in [0.5, 0.6) is 0 Å². The number of amides is 1. The van der Waals surface area contributed by atoms with Gasteiger partial charge in [-0.25, -0.2) is 4.79 Å². The molecule has 2 aliphatic carbocycles. The fourth-order valence-electron chi connectivity index (χ4n) is 6.87. The van der Waals surface area contributed by atoms with Crippen molar-refractivity contribution in [1.29, 1.82) is 5.26 Å². The number of esters is 1. The minimum Gasteiger partial charge on any atom is -0.462 e. The van der Waals surface area contributed by atoms with Gasteiger partial charge in [0.15, 0.2) is 0 Å². The molecule has 3 fully saturated rings. The SMILES string of the molecule is C[C@H]1OC(=O)[C@@H]2C[C@@H]3C[C@H](NC(=O)OC(C)(C)C)CC[C@H]3[C@H](/C=C/c3ccc(-c4cccc(C#N)c4)cn3)[C@H]12. The van der Waals surface area contributed by atoms with Gasteiger partial charge in [0.25, 0.3) is 0 Å². The summed E-state index contributed by atoms with van der Waals surface area (Å²) in [6.45, 7) is 7.61. The summed E-state index contributed by atoms with van der Waals surface area (Å²) in [5, 5.41) is 12.3. The molecule has 7 atom stereocenters. The van der Waals surface area contributed by atoms with E-state index < -0.39 is 5.60 Å². The number of rotatable bonds is 4. The Balaban J connectivity index is 1.32. The van der Waals surface area contributed by atoms with Gasteiger partial charge in [-0.3, -0.25) is 9.78 Å². The maximum atomic E-state index is 12.8. The lowest BCUT2D eigenvalue weighted by molar-refractivity contribution is -0.144. The Labute approximate surface area is 230 Å². The van der Waals surface area contributed by atoms with Crippen molar-refractivity contribution < 1.29 is 19.1 Å². The number of nitrogens with one attached hydrogen (secondary N) is 1. The lowest BCUT2D eigenvalue weighted by atomic mass is 9.57. The molecule has 0 bridgehead atoms. The molecule has 2 saturated carbocycles. The smallest absolute Gasteiger partial charge is 0.407 e. The topological polar surface area (TPSA) is 101 Å². The molecular weight excluding hydrogens is 490 g/mol. The maximum absolute atomic E-state index is 12.8. The number of carbonyl (C=O) groups excluding carboxylic acids is 2. The molecule has 0 spiro atoms. The molecule has 1 aromatic carbocycles. The van der Waals surface area contributed by atoms with Gasteiger partial charge < -0.3 is 14.8 Å². The van der Waals surface area contributed by atoms with Gasteiger partial charge in [-0.05, 0) is 101 Å². The lowest BCUT2D eigenvalue weighted by Crippen LogP contribution is -2.49. The van der Waals surface area contributed by atoms with Gasteiger partial charge in [-0.1, -0.05) is 24.3 Å². The van der Waals surface area contributed by atoms with E-state index in [1.54, 1.807) is 6.07 Å². The van der Waals surface area contributed by atoms with Crippen molar-refractivity contribution in [3.05, 3.63) is 59.9 Å². The Morgan fingerprint density at radius 1 is 1.18 bits per heavy atom. The number of hydrogen-bond acceptors (Lipinski definition) is 6. The zero-order chi connectivity index (χ0) is 27.7. The number of carbonyl (C=O) groups is 2. The van der Waals surface area contributed by atoms with E-state index in [1.807, 2.05) is 64.2 Å². The van der Waals surface area contributed by atoms with Crippen LogP contribution in [0.25, 0.3) is 17.2 Å². The van der Waals surface area contributed by atoms with Crippen LogP contribution in [0, 0.1) is 40.9 Å². The number of alkyl carbamates (subject to hydrolysis) is 1. The third kappa shape index (κ3) is 6.00. The summed E-state index contributed by atoms with van der Waals surface area (Å²) in [5.41, 5.74) is 2.86. The average molecular weight is 528 g/mol. The van der Waals surface area contributed by atoms with Crippen molar-refractivity contribution in [1.82, 2.24) is 10.3 Å². The summed E-state index contributed by atoms with van der Waals surface area (Å²) in [6.07, 6.45) is 9.18. The van der Waals surface area contributed by atoms with E-state index in [4.69, 9.17) is 9.47 Å². The fourth-order valence-corrected chi connectivity index (χ4v) is 6.87. The highest BCUT2D eigenvalue weighted by atomic mass is 16.6. The number of pyridine rings is 1. The van der Waals surface area contributed by atoms with Crippen LogP contribution in [-0.2, 0) is 14.3 Å². The Morgan fingerprint density at radius 3 is 2.72 bits per heavy atom. The molecule has 1 amide bonds. The van der Waals surface area contributed by atoms with Gasteiger partial charge in [0.1, 0.15) is 11.7 Å². The predicted octanol–water partition coefficient (Wildman–Crippen LogP) is 6.14. The third-order valence-electron chi connectivity index (χ3n) is 8.47. The van der Waals surface area contributed by atoms with Crippen LogP contribution in [0.4, 0.5) is 4.79 Å².